The molecule has 2 heterocycles. The van der Waals surface area contributed by atoms with Crippen molar-refractivity contribution in [3.8, 4) is 0 Å². The number of nitrogens with one attached hydrogen (secondary N) is 4. The van der Waals surface area contributed by atoms with Crippen LogP contribution in [0.1, 0.15) is 42.5 Å². The Kier molecular flexibility index (Phi) is 4.00. The number of carbonyl (C=O) groups excluding carboxylic acids is 2. The maximum atomic E-state index is 12.7. The molecule has 2 aliphatic heterocycles. The fraction of sp³-hybridized carbons (Fsp3) is 0.364. The van der Waals surface area contributed by atoms with Gasteiger partial charge >= 0.3 is 12.1 Å². The molecule has 4 amide bonds. The summed E-state index contributed by atoms with van der Waals surface area (Å²) >= 11 is 0. The van der Waals surface area contributed by atoms with E-state index >= 15 is 0 Å². The van der Waals surface area contributed by atoms with E-state index in [1.165, 1.54) is 0 Å². The van der Waals surface area contributed by atoms with Gasteiger partial charge < -0.3 is 21.3 Å². The van der Waals surface area contributed by atoms with Gasteiger partial charge in [0.25, 0.3) is 0 Å². The second kappa shape index (κ2) is 6.55. The summed E-state index contributed by atoms with van der Waals surface area (Å²) in [7, 11) is 0. The molecule has 1 aliphatic carbocycles. The van der Waals surface area contributed by atoms with E-state index in [9.17, 15) is 9.59 Å². The van der Waals surface area contributed by atoms with Gasteiger partial charge in [0.2, 0.25) is 0 Å². The average Bonchev–Trinajstić information content (AvgIpc) is 2.72. The fourth-order valence-corrected chi connectivity index (χ4v) is 5.43. The topological polar surface area (TPSA) is 82.3 Å². The van der Waals surface area contributed by atoms with Crippen LogP contribution >= 0.6 is 0 Å². The highest BCUT2D eigenvalue weighted by Crippen LogP contribution is 2.50. The smallest absolute Gasteiger partial charge is 0.317 e. The van der Waals surface area contributed by atoms with Crippen LogP contribution in [0.15, 0.2) is 60.7 Å². The quantitative estimate of drug-likeness (QED) is 0.649. The van der Waals surface area contributed by atoms with Crippen molar-refractivity contribution >= 4 is 12.1 Å². The molecule has 0 aromatic heterocycles. The predicted molar refractivity (Wildman–Crippen MR) is 105 cm³/mol. The zero-order valence-electron chi connectivity index (χ0n) is 15.5. The van der Waals surface area contributed by atoms with Crippen LogP contribution in [0.4, 0.5) is 9.59 Å². The van der Waals surface area contributed by atoms with Crippen LogP contribution in [0.2, 0.25) is 0 Å². The van der Waals surface area contributed by atoms with Gasteiger partial charge in [-0.1, -0.05) is 67.1 Å². The maximum absolute atomic E-state index is 12.7. The molecule has 0 bridgehead atoms. The minimum atomic E-state index is -0.760. The molecule has 2 aromatic carbocycles. The van der Waals surface area contributed by atoms with Gasteiger partial charge in [0.1, 0.15) is 5.66 Å². The molecule has 0 radical (unpaired) electrons. The number of amides is 4. The third-order valence-electron chi connectivity index (χ3n) is 6.54. The number of carbonyl (C=O) groups is 2. The summed E-state index contributed by atoms with van der Waals surface area (Å²) in [5, 5.41) is 12.5. The molecule has 3 fully saturated rings. The van der Waals surface area contributed by atoms with E-state index in [-0.39, 0.29) is 36.0 Å². The first-order valence-electron chi connectivity index (χ1n) is 9.94. The summed E-state index contributed by atoms with van der Waals surface area (Å²) in [5.74, 6) is 0.146. The maximum Gasteiger partial charge on any atom is 0.317 e. The largest absolute Gasteiger partial charge is 0.331 e. The summed E-state index contributed by atoms with van der Waals surface area (Å²) in [4.78, 5) is 25.4. The number of urea groups is 2. The van der Waals surface area contributed by atoms with Crippen molar-refractivity contribution in [3.05, 3.63) is 71.8 Å². The van der Waals surface area contributed by atoms with E-state index < -0.39 is 5.66 Å². The van der Waals surface area contributed by atoms with Crippen LogP contribution in [0, 0.1) is 11.8 Å². The molecule has 4 N–H and O–H groups in total. The van der Waals surface area contributed by atoms with Gasteiger partial charge in [0.15, 0.2) is 0 Å². The molecule has 1 unspecified atom stereocenters. The van der Waals surface area contributed by atoms with Gasteiger partial charge in [-0.15, -0.1) is 0 Å². The van der Waals surface area contributed by atoms with Crippen LogP contribution in [-0.2, 0) is 0 Å². The number of hydrogen-bond acceptors (Lipinski definition) is 2. The molecular formula is C22H24N4O2. The van der Waals surface area contributed by atoms with Crippen LogP contribution in [0.3, 0.4) is 0 Å². The fourth-order valence-electron chi connectivity index (χ4n) is 5.43. The van der Waals surface area contributed by atoms with Gasteiger partial charge in [-0.05, 0) is 24.0 Å². The highest BCUT2D eigenvalue weighted by Gasteiger charge is 2.60. The van der Waals surface area contributed by atoms with E-state index in [1.807, 2.05) is 60.7 Å². The van der Waals surface area contributed by atoms with E-state index in [2.05, 4.69) is 21.3 Å². The third-order valence-corrected chi connectivity index (χ3v) is 6.54. The first-order chi connectivity index (χ1) is 13.7. The molecule has 2 saturated heterocycles. The average molecular weight is 376 g/mol. The monoisotopic (exact) mass is 376 g/mol. The molecule has 6 nitrogen and oxygen atoms in total. The Morgan fingerprint density at radius 3 is 1.54 bits per heavy atom. The van der Waals surface area contributed by atoms with Gasteiger partial charge in [-0.25, -0.2) is 9.59 Å². The summed E-state index contributed by atoms with van der Waals surface area (Å²) < 4.78 is 0. The van der Waals surface area contributed by atoms with Gasteiger partial charge in [-0.3, -0.25) is 0 Å². The number of rotatable bonds is 2. The second-order valence-corrected chi connectivity index (χ2v) is 7.99. The van der Waals surface area contributed by atoms with Crippen molar-refractivity contribution < 1.29 is 9.59 Å². The molecule has 5 atom stereocenters. The van der Waals surface area contributed by atoms with Crippen molar-refractivity contribution in [1.82, 2.24) is 21.3 Å². The van der Waals surface area contributed by atoms with E-state index in [0.717, 1.165) is 30.4 Å². The van der Waals surface area contributed by atoms with Crippen molar-refractivity contribution in [2.45, 2.75) is 37.0 Å². The summed E-state index contributed by atoms with van der Waals surface area (Å²) in [5.41, 5.74) is 1.39. The Morgan fingerprint density at radius 2 is 1.11 bits per heavy atom. The molecular weight excluding hydrogens is 352 g/mol. The summed E-state index contributed by atoms with van der Waals surface area (Å²) in [6.45, 7) is 0. The Morgan fingerprint density at radius 1 is 0.679 bits per heavy atom. The highest BCUT2D eigenvalue weighted by atomic mass is 16.2. The molecule has 1 saturated carbocycles. The Hall–Kier alpha value is -3.02. The minimum absolute atomic E-state index is 0.0728. The molecule has 1 spiro atoms. The highest BCUT2D eigenvalue weighted by molar-refractivity contribution is 5.81. The standard InChI is InChI=1S/C22H24N4O2/c27-20-23-18(14-8-3-1-4-9-14)16-12-7-13-17-19(15-10-5-2-6-11-15)24-21(28)26-22(16,17)25-20/h1-6,8-11,16-19H,7,12-13H2,(H2,23,25,27)(H2,24,26,28)/t16-,17-,18-,19+,22?/m0/s1. The summed E-state index contributed by atoms with van der Waals surface area (Å²) in [6, 6.07) is 19.4. The first-order valence-corrected chi connectivity index (χ1v) is 9.94. The number of hydrogen-bond donors (Lipinski definition) is 4. The van der Waals surface area contributed by atoms with Crippen LogP contribution < -0.4 is 21.3 Å². The normalized spacial score (nSPS) is 34.0. The summed E-state index contributed by atoms with van der Waals surface area (Å²) in [6.07, 6.45) is 2.93. The van der Waals surface area contributed by atoms with Gasteiger partial charge in [0.05, 0.1) is 12.1 Å². The van der Waals surface area contributed by atoms with Crippen LogP contribution in [0.25, 0.3) is 0 Å². The van der Waals surface area contributed by atoms with Crippen molar-refractivity contribution in [3.63, 3.8) is 0 Å². The molecule has 3 aliphatic rings. The SMILES string of the molecule is O=C1N[C@H](c2ccccc2)[C@@H]2CCC[C@H]3[C@H](c4ccccc4)NC(=O)NC23N1. The van der Waals surface area contributed by atoms with Crippen LogP contribution in [0.5, 0.6) is 0 Å². The molecule has 2 aromatic rings. The van der Waals surface area contributed by atoms with Crippen molar-refractivity contribution in [2.24, 2.45) is 11.8 Å². The van der Waals surface area contributed by atoms with E-state index in [4.69, 9.17) is 0 Å². The minimum Gasteiger partial charge on any atom is -0.331 e. The zero-order valence-corrected chi connectivity index (χ0v) is 15.5. The Balaban J connectivity index is 1.59. The lowest BCUT2D eigenvalue weighted by molar-refractivity contribution is -0.0123. The molecule has 5 rings (SSSR count). The molecule has 28 heavy (non-hydrogen) atoms. The van der Waals surface area contributed by atoms with Gasteiger partial charge in [0, 0.05) is 11.8 Å². The third kappa shape index (κ3) is 2.63. The molecule has 6 heteroatoms. The Bertz CT molecular complexity index is 812. The van der Waals surface area contributed by atoms with E-state index in [0.29, 0.717) is 0 Å². The Labute approximate surface area is 164 Å². The van der Waals surface area contributed by atoms with Crippen LogP contribution in [-0.4, -0.2) is 17.7 Å². The second-order valence-electron chi connectivity index (χ2n) is 7.99. The first kappa shape index (κ1) is 17.1. The van der Waals surface area contributed by atoms with Crippen molar-refractivity contribution in [2.75, 3.05) is 0 Å². The lowest BCUT2D eigenvalue weighted by Gasteiger charge is -2.59. The molecule has 144 valence electrons. The van der Waals surface area contributed by atoms with E-state index in [1.54, 1.807) is 0 Å². The van der Waals surface area contributed by atoms with Gasteiger partial charge in [-0.2, -0.15) is 0 Å². The number of benzene rings is 2. The predicted octanol–water partition coefficient (Wildman–Crippen LogP) is 3.21. The lowest BCUT2D eigenvalue weighted by Crippen LogP contribution is -2.80. The van der Waals surface area contributed by atoms with Crippen molar-refractivity contribution in [1.29, 1.82) is 0 Å². The lowest BCUT2D eigenvalue weighted by atomic mass is 9.62. The zero-order chi connectivity index (χ0) is 19.1.